The van der Waals surface area contributed by atoms with E-state index in [1.54, 1.807) is 30.3 Å². The standard InChI is InChI=1S/C23H25N5O4S/c29-18-10-12-27(13-11-18)17-8-6-16(7-9-17)23(30)25-22-20-14-24-15-21(20)28(26-22)33(31,32)19-4-2-1-3-5-19/h1-9,18,24,29H,10-15H2,(H,25,26,30). The Kier molecular flexibility index (Phi) is 5.65. The molecule has 3 N–H and O–H groups in total. The van der Waals surface area contributed by atoms with Crippen LogP contribution in [-0.4, -0.2) is 47.8 Å². The molecule has 1 amide bonds. The van der Waals surface area contributed by atoms with Crippen LogP contribution < -0.4 is 15.5 Å². The number of aliphatic hydroxyl groups excluding tert-OH is 1. The molecule has 0 bridgehead atoms. The lowest BCUT2D eigenvalue weighted by Gasteiger charge is -2.31. The van der Waals surface area contributed by atoms with Gasteiger partial charge in [-0.3, -0.25) is 4.79 Å². The Morgan fingerprint density at radius 3 is 2.42 bits per heavy atom. The second-order valence-electron chi connectivity index (χ2n) is 8.26. The van der Waals surface area contributed by atoms with Gasteiger partial charge in [-0.25, -0.2) is 0 Å². The Balaban J connectivity index is 1.37. The van der Waals surface area contributed by atoms with E-state index in [1.807, 2.05) is 12.1 Å². The number of anilines is 2. The van der Waals surface area contributed by atoms with Crippen molar-refractivity contribution in [1.82, 2.24) is 14.5 Å². The minimum atomic E-state index is -3.87. The minimum Gasteiger partial charge on any atom is -0.393 e. The van der Waals surface area contributed by atoms with Crippen molar-refractivity contribution in [2.24, 2.45) is 0 Å². The van der Waals surface area contributed by atoms with Gasteiger partial charge in [0.1, 0.15) is 0 Å². The van der Waals surface area contributed by atoms with E-state index in [0.717, 1.165) is 35.7 Å². The van der Waals surface area contributed by atoms with Gasteiger partial charge in [0.25, 0.3) is 15.9 Å². The second kappa shape index (κ2) is 8.62. The highest BCUT2D eigenvalue weighted by molar-refractivity contribution is 7.89. The first-order chi connectivity index (χ1) is 15.9. The van der Waals surface area contributed by atoms with Crippen molar-refractivity contribution in [2.45, 2.75) is 36.9 Å². The minimum absolute atomic E-state index is 0.140. The molecule has 0 spiro atoms. The fraction of sp³-hybridized carbons (Fsp3) is 0.304. The topological polar surface area (TPSA) is 117 Å². The zero-order chi connectivity index (χ0) is 23.0. The number of aromatic nitrogens is 2. The summed E-state index contributed by atoms with van der Waals surface area (Å²) >= 11 is 0. The van der Waals surface area contributed by atoms with Crippen molar-refractivity contribution < 1.29 is 18.3 Å². The number of piperidine rings is 1. The summed E-state index contributed by atoms with van der Waals surface area (Å²) in [6.07, 6.45) is 1.22. The molecule has 10 heteroatoms. The van der Waals surface area contributed by atoms with Gasteiger partial charge in [-0.15, -0.1) is 5.10 Å². The highest BCUT2D eigenvalue weighted by Gasteiger charge is 2.30. The van der Waals surface area contributed by atoms with Crippen LogP contribution in [-0.2, 0) is 23.1 Å². The number of fused-ring (bicyclic) bond motifs is 1. The zero-order valence-corrected chi connectivity index (χ0v) is 18.8. The number of nitrogens with one attached hydrogen (secondary N) is 2. The molecule has 2 aliphatic rings. The summed E-state index contributed by atoms with van der Waals surface area (Å²) in [7, 11) is -3.87. The van der Waals surface area contributed by atoms with Crippen molar-refractivity contribution >= 4 is 27.4 Å². The first kappa shape index (κ1) is 21.6. The third kappa shape index (κ3) is 4.12. The van der Waals surface area contributed by atoms with Gasteiger partial charge >= 0.3 is 0 Å². The molecular weight excluding hydrogens is 442 g/mol. The number of amides is 1. The van der Waals surface area contributed by atoms with Gasteiger partial charge in [0, 0.05) is 43.0 Å². The van der Waals surface area contributed by atoms with E-state index in [0.29, 0.717) is 29.9 Å². The molecule has 33 heavy (non-hydrogen) atoms. The van der Waals surface area contributed by atoms with Gasteiger partial charge < -0.3 is 20.6 Å². The van der Waals surface area contributed by atoms with E-state index in [2.05, 4.69) is 20.6 Å². The molecular formula is C23H25N5O4S. The summed E-state index contributed by atoms with van der Waals surface area (Å²) in [4.78, 5) is 15.2. The van der Waals surface area contributed by atoms with Gasteiger partial charge in [-0.05, 0) is 49.2 Å². The average molecular weight is 468 g/mol. The number of aliphatic hydroxyl groups is 1. The summed E-state index contributed by atoms with van der Waals surface area (Å²) in [5.41, 5.74) is 2.65. The first-order valence-electron chi connectivity index (χ1n) is 10.9. The van der Waals surface area contributed by atoms with E-state index >= 15 is 0 Å². The van der Waals surface area contributed by atoms with Crippen LogP contribution in [0.3, 0.4) is 0 Å². The van der Waals surface area contributed by atoms with Crippen LogP contribution >= 0.6 is 0 Å². The second-order valence-corrected chi connectivity index (χ2v) is 10.0. The van der Waals surface area contributed by atoms with Gasteiger partial charge in [0.05, 0.1) is 16.7 Å². The summed E-state index contributed by atoms with van der Waals surface area (Å²) in [6, 6.07) is 15.4. The predicted molar refractivity (Wildman–Crippen MR) is 124 cm³/mol. The normalized spacial score (nSPS) is 16.6. The monoisotopic (exact) mass is 467 g/mol. The highest BCUT2D eigenvalue weighted by Crippen LogP contribution is 2.28. The molecule has 2 aliphatic heterocycles. The molecule has 3 heterocycles. The zero-order valence-electron chi connectivity index (χ0n) is 17.9. The van der Waals surface area contributed by atoms with E-state index in [9.17, 15) is 18.3 Å². The van der Waals surface area contributed by atoms with Crippen molar-refractivity contribution in [1.29, 1.82) is 0 Å². The molecule has 9 nitrogen and oxygen atoms in total. The molecule has 5 rings (SSSR count). The fourth-order valence-corrected chi connectivity index (χ4v) is 5.60. The Hall–Kier alpha value is -3.21. The van der Waals surface area contributed by atoms with Crippen LogP contribution in [0.15, 0.2) is 59.5 Å². The summed E-state index contributed by atoms with van der Waals surface area (Å²) in [5, 5.41) is 19.9. The van der Waals surface area contributed by atoms with Crippen molar-refractivity contribution in [3.8, 4) is 0 Å². The maximum absolute atomic E-state index is 13.1. The number of nitrogens with zero attached hydrogens (tertiary/aromatic N) is 3. The maximum atomic E-state index is 13.1. The van der Waals surface area contributed by atoms with Gasteiger partial charge in [0.15, 0.2) is 5.82 Å². The number of hydrogen-bond donors (Lipinski definition) is 3. The van der Waals surface area contributed by atoms with E-state index in [4.69, 9.17) is 0 Å². The van der Waals surface area contributed by atoms with Crippen LogP contribution in [0.2, 0.25) is 0 Å². The molecule has 2 aromatic carbocycles. The van der Waals surface area contributed by atoms with E-state index in [1.165, 1.54) is 12.1 Å². The SMILES string of the molecule is O=C(Nc1nn(S(=O)(=O)c2ccccc2)c2c1CNC2)c1ccc(N2CCC(O)CC2)cc1. The number of benzene rings is 2. The largest absolute Gasteiger partial charge is 0.393 e. The molecule has 1 saturated heterocycles. The molecule has 0 saturated carbocycles. The lowest BCUT2D eigenvalue weighted by Crippen LogP contribution is -2.35. The van der Waals surface area contributed by atoms with Crippen LogP contribution in [0.5, 0.6) is 0 Å². The molecule has 1 aromatic heterocycles. The van der Waals surface area contributed by atoms with Crippen LogP contribution in [0.1, 0.15) is 34.5 Å². The fourth-order valence-electron chi connectivity index (χ4n) is 4.25. The van der Waals surface area contributed by atoms with Gasteiger partial charge in [0.2, 0.25) is 0 Å². The van der Waals surface area contributed by atoms with Gasteiger partial charge in [-0.1, -0.05) is 18.2 Å². The van der Waals surface area contributed by atoms with Crippen molar-refractivity contribution in [3.63, 3.8) is 0 Å². The lowest BCUT2D eigenvalue weighted by atomic mass is 10.1. The smallest absolute Gasteiger partial charge is 0.283 e. The van der Waals surface area contributed by atoms with Gasteiger partial charge in [-0.2, -0.15) is 12.5 Å². The molecule has 0 radical (unpaired) electrons. The van der Waals surface area contributed by atoms with E-state index in [-0.39, 0.29) is 22.7 Å². The van der Waals surface area contributed by atoms with Crippen LogP contribution in [0, 0.1) is 0 Å². The molecule has 172 valence electrons. The summed E-state index contributed by atoms with van der Waals surface area (Å²) in [6.45, 7) is 2.33. The predicted octanol–water partition coefficient (Wildman–Crippen LogP) is 1.94. The molecule has 0 atom stereocenters. The number of hydrogen-bond acceptors (Lipinski definition) is 7. The average Bonchev–Trinajstić information content (AvgIpc) is 3.44. The Labute approximate surface area is 192 Å². The third-order valence-corrected chi connectivity index (χ3v) is 7.74. The van der Waals surface area contributed by atoms with Crippen molar-refractivity contribution in [3.05, 3.63) is 71.4 Å². The van der Waals surface area contributed by atoms with E-state index < -0.39 is 10.0 Å². The molecule has 1 fully saturated rings. The molecule has 3 aromatic rings. The highest BCUT2D eigenvalue weighted by atomic mass is 32.2. The Morgan fingerprint density at radius 2 is 1.73 bits per heavy atom. The third-order valence-electron chi connectivity index (χ3n) is 6.11. The Bertz CT molecular complexity index is 1260. The van der Waals surface area contributed by atoms with Crippen molar-refractivity contribution in [2.75, 3.05) is 23.3 Å². The first-order valence-corrected chi connectivity index (χ1v) is 12.3. The van der Waals surface area contributed by atoms with Crippen LogP contribution in [0.4, 0.5) is 11.5 Å². The number of carbonyl (C=O) groups is 1. The maximum Gasteiger partial charge on any atom is 0.283 e. The number of carbonyl (C=O) groups excluding carboxylic acids is 1. The summed E-state index contributed by atoms with van der Waals surface area (Å²) < 4.78 is 27.2. The number of rotatable bonds is 5. The molecule has 0 unspecified atom stereocenters. The van der Waals surface area contributed by atoms with Crippen LogP contribution in [0.25, 0.3) is 0 Å². The molecule has 0 aliphatic carbocycles. The Morgan fingerprint density at radius 1 is 1.03 bits per heavy atom. The quantitative estimate of drug-likeness (QED) is 0.525. The summed E-state index contributed by atoms with van der Waals surface area (Å²) in [5.74, 6) is -0.110. The lowest BCUT2D eigenvalue weighted by molar-refractivity contribution is 0.102.